The molecule has 0 radical (unpaired) electrons. The molecule has 1 heterocycles. The van der Waals surface area contributed by atoms with Crippen molar-refractivity contribution in [2.24, 2.45) is 11.8 Å². The quantitative estimate of drug-likeness (QED) is 0.806. The molecule has 1 unspecified atom stereocenters. The molecule has 1 saturated heterocycles. The van der Waals surface area contributed by atoms with E-state index in [0.29, 0.717) is 24.7 Å². The lowest BCUT2D eigenvalue weighted by Gasteiger charge is -2.42. The number of fused-ring (bicyclic) bond motifs is 1. The average Bonchev–Trinajstić information content (AvgIpc) is 2.46. The largest absolute Gasteiger partial charge is 0.496 e. The molecule has 1 aliphatic heterocycles. The lowest BCUT2D eigenvalue weighted by Crippen LogP contribution is -2.36. The maximum atomic E-state index is 13.6. The van der Waals surface area contributed by atoms with Crippen molar-refractivity contribution in [3.63, 3.8) is 0 Å². The summed E-state index contributed by atoms with van der Waals surface area (Å²) in [6.45, 7) is 0.733. The number of hydrogen-bond donors (Lipinski definition) is 0. The Kier molecular flexibility index (Phi) is 3.74. The highest BCUT2D eigenvalue weighted by Crippen LogP contribution is 2.47. The third kappa shape index (κ3) is 2.48. The zero-order valence-electron chi connectivity index (χ0n) is 11.3. The Labute approximate surface area is 113 Å². The van der Waals surface area contributed by atoms with Gasteiger partial charge in [-0.05, 0) is 43.6 Å². The number of rotatable bonds is 2. The number of benzene rings is 1. The Morgan fingerprint density at radius 2 is 2.05 bits per heavy atom. The van der Waals surface area contributed by atoms with Crippen molar-refractivity contribution in [1.82, 2.24) is 0 Å². The van der Waals surface area contributed by atoms with E-state index in [9.17, 15) is 4.39 Å². The summed E-state index contributed by atoms with van der Waals surface area (Å²) in [5.74, 6) is 1.79. The van der Waals surface area contributed by atoms with Gasteiger partial charge in [0.15, 0.2) is 0 Å². The first-order chi connectivity index (χ1) is 9.29. The molecule has 19 heavy (non-hydrogen) atoms. The van der Waals surface area contributed by atoms with Crippen molar-refractivity contribution in [1.29, 1.82) is 0 Å². The predicted octanol–water partition coefficient (Wildman–Crippen LogP) is 3.91. The van der Waals surface area contributed by atoms with Gasteiger partial charge in [-0.15, -0.1) is 0 Å². The summed E-state index contributed by atoms with van der Waals surface area (Å²) < 4.78 is 25.0. The second-order valence-corrected chi connectivity index (χ2v) is 5.66. The summed E-state index contributed by atoms with van der Waals surface area (Å²) >= 11 is 0. The van der Waals surface area contributed by atoms with E-state index in [2.05, 4.69) is 6.07 Å². The van der Waals surface area contributed by atoms with E-state index in [-0.39, 0.29) is 6.10 Å². The SMILES string of the molecule is COc1ccccc1[C@H]1OCC[C@H]2CC(F)CC[C@@H]21. The highest BCUT2D eigenvalue weighted by atomic mass is 19.1. The predicted molar refractivity (Wildman–Crippen MR) is 72.0 cm³/mol. The van der Waals surface area contributed by atoms with Crippen LogP contribution in [0.1, 0.15) is 37.4 Å². The molecule has 0 spiro atoms. The van der Waals surface area contributed by atoms with Gasteiger partial charge in [0.2, 0.25) is 0 Å². The second-order valence-electron chi connectivity index (χ2n) is 5.66. The topological polar surface area (TPSA) is 18.5 Å². The molecule has 0 bridgehead atoms. The highest BCUT2D eigenvalue weighted by molar-refractivity contribution is 5.36. The van der Waals surface area contributed by atoms with E-state index in [1.54, 1.807) is 7.11 Å². The highest BCUT2D eigenvalue weighted by Gasteiger charge is 2.40. The van der Waals surface area contributed by atoms with Crippen molar-refractivity contribution in [2.45, 2.75) is 38.0 Å². The summed E-state index contributed by atoms with van der Waals surface area (Å²) in [5.41, 5.74) is 1.12. The Morgan fingerprint density at radius 3 is 2.89 bits per heavy atom. The van der Waals surface area contributed by atoms with Crippen LogP contribution >= 0.6 is 0 Å². The standard InChI is InChI=1S/C16H21FO2/c1-18-15-5-3-2-4-14(15)16-13-7-6-12(17)10-11(13)8-9-19-16/h2-5,11-13,16H,6-10H2,1H3/t11-,12?,13-,16-/m0/s1. The Morgan fingerprint density at radius 1 is 1.21 bits per heavy atom. The molecule has 4 atom stereocenters. The average molecular weight is 264 g/mol. The molecule has 0 amide bonds. The van der Waals surface area contributed by atoms with E-state index in [4.69, 9.17) is 9.47 Å². The molecule has 2 nitrogen and oxygen atoms in total. The van der Waals surface area contributed by atoms with E-state index in [1.807, 2.05) is 18.2 Å². The van der Waals surface area contributed by atoms with Crippen molar-refractivity contribution in [3.05, 3.63) is 29.8 Å². The van der Waals surface area contributed by atoms with Gasteiger partial charge in [0, 0.05) is 12.2 Å². The minimum Gasteiger partial charge on any atom is -0.496 e. The van der Waals surface area contributed by atoms with E-state index in [1.165, 1.54) is 0 Å². The summed E-state index contributed by atoms with van der Waals surface area (Å²) in [5, 5.41) is 0. The second kappa shape index (κ2) is 5.49. The van der Waals surface area contributed by atoms with Gasteiger partial charge in [-0.3, -0.25) is 0 Å². The van der Waals surface area contributed by atoms with Gasteiger partial charge >= 0.3 is 0 Å². The number of methoxy groups -OCH3 is 1. The minimum absolute atomic E-state index is 0.0717. The molecule has 0 aromatic heterocycles. The van der Waals surface area contributed by atoms with Gasteiger partial charge in [-0.1, -0.05) is 18.2 Å². The molecule has 3 heteroatoms. The minimum atomic E-state index is -0.613. The normalized spacial score (nSPS) is 34.6. The van der Waals surface area contributed by atoms with Crippen LogP contribution in [0.15, 0.2) is 24.3 Å². The fraction of sp³-hybridized carbons (Fsp3) is 0.625. The number of hydrogen-bond acceptors (Lipinski definition) is 2. The zero-order valence-corrected chi connectivity index (χ0v) is 11.3. The fourth-order valence-electron chi connectivity index (χ4n) is 3.65. The lowest BCUT2D eigenvalue weighted by molar-refractivity contribution is -0.0839. The third-order valence-corrected chi connectivity index (χ3v) is 4.60. The van der Waals surface area contributed by atoms with Crippen LogP contribution in [-0.4, -0.2) is 19.9 Å². The number of halogens is 1. The number of ether oxygens (including phenoxy) is 2. The van der Waals surface area contributed by atoms with Gasteiger partial charge in [-0.25, -0.2) is 4.39 Å². The molecule has 1 aliphatic carbocycles. The molecule has 1 aromatic rings. The summed E-state index contributed by atoms with van der Waals surface area (Å²) in [6, 6.07) is 8.04. The smallest absolute Gasteiger partial charge is 0.124 e. The van der Waals surface area contributed by atoms with Crippen LogP contribution in [0.5, 0.6) is 5.75 Å². The van der Waals surface area contributed by atoms with Gasteiger partial charge in [0.25, 0.3) is 0 Å². The molecular weight excluding hydrogens is 243 g/mol. The first-order valence-corrected chi connectivity index (χ1v) is 7.18. The van der Waals surface area contributed by atoms with E-state index in [0.717, 1.165) is 30.8 Å². The van der Waals surface area contributed by atoms with Gasteiger partial charge in [-0.2, -0.15) is 0 Å². The third-order valence-electron chi connectivity index (χ3n) is 4.60. The molecule has 1 aromatic carbocycles. The van der Waals surface area contributed by atoms with Gasteiger partial charge in [0.05, 0.1) is 13.2 Å². The lowest BCUT2D eigenvalue weighted by atomic mass is 9.71. The van der Waals surface area contributed by atoms with E-state index >= 15 is 0 Å². The van der Waals surface area contributed by atoms with Crippen molar-refractivity contribution in [3.8, 4) is 5.75 Å². The molecule has 1 saturated carbocycles. The van der Waals surface area contributed by atoms with Crippen molar-refractivity contribution >= 4 is 0 Å². The Hall–Kier alpha value is -1.09. The Bertz CT molecular complexity index is 435. The van der Waals surface area contributed by atoms with Crippen molar-refractivity contribution in [2.75, 3.05) is 13.7 Å². The Balaban J connectivity index is 1.87. The molecule has 2 aliphatic rings. The summed E-state index contributed by atoms with van der Waals surface area (Å²) in [7, 11) is 1.69. The van der Waals surface area contributed by atoms with Crippen LogP contribution in [0.4, 0.5) is 4.39 Å². The van der Waals surface area contributed by atoms with Crippen LogP contribution < -0.4 is 4.74 Å². The first-order valence-electron chi connectivity index (χ1n) is 7.18. The molecule has 0 N–H and O–H groups in total. The summed E-state index contributed by atoms with van der Waals surface area (Å²) in [4.78, 5) is 0. The van der Waals surface area contributed by atoms with Crippen LogP contribution in [0.3, 0.4) is 0 Å². The number of alkyl halides is 1. The number of para-hydroxylation sites is 1. The summed E-state index contributed by atoms with van der Waals surface area (Å²) in [6.07, 6.45) is 2.77. The molecule has 2 fully saturated rings. The van der Waals surface area contributed by atoms with Gasteiger partial charge in [0.1, 0.15) is 11.9 Å². The molecule has 104 valence electrons. The zero-order chi connectivity index (χ0) is 13.2. The first kappa shape index (κ1) is 12.9. The maximum Gasteiger partial charge on any atom is 0.124 e. The van der Waals surface area contributed by atoms with Gasteiger partial charge < -0.3 is 9.47 Å². The monoisotopic (exact) mass is 264 g/mol. The molecule has 3 rings (SSSR count). The van der Waals surface area contributed by atoms with Crippen LogP contribution in [0, 0.1) is 11.8 Å². The van der Waals surface area contributed by atoms with E-state index < -0.39 is 6.17 Å². The fourth-order valence-corrected chi connectivity index (χ4v) is 3.65. The van der Waals surface area contributed by atoms with Crippen LogP contribution in [-0.2, 0) is 4.74 Å². The van der Waals surface area contributed by atoms with Crippen molar-refractivity contribution < 1.29 is 13.9 Å². The van der Waals surface area contributed by atoms with Crippen LogP contribution in [0.2, 0.25) is 0 Å². The maximum absolute atomic E-state index is 13.6. The van der Waals surface area contributed by atoms with Crippen LogP contribution in [0.25, 0.3) is 0 Å². The molecular formula is C16H21FO2.